The van der Waals surface area contributed by atoms with Crippen LogP contribution in [0.4, 0.5) is 0 Å². The quantitative estimate of drug-likeness (QED) is 0.530. The van der Waals surface area contributed by atoms with Crippen molar-refractivity contribution in [3.8, 4) is 0 Å². The molecule has 0 unspecified atom stereocenters. The molecule has 0 aromatic heterocycles. The van der Waals surface area contributed by atoms with Crippen molar-refractivity contribution >= 4 is 0 Å². The third-order valence-electron chi connectivity index (χ3n) is 0.898. The second-order valence-corrected chi connectivity index (χ2v) is 1.75. The standard InChI is InChI=1S/C9H14.2C2H6/c1-3-5-7-9-8-6-4-2;2*1-2/h3,5-9H,4H2,1-2H3;2*1-2H3/b5-3-,8-6-,9-7-;;. The third kappa shape index (κ3) is 35.0. The maximum absolute atomic E-state index is 2.12. The second kappa shape index (κ2) is 30.3. The van der Waals surface area contributed by atoms with Crippen LogP contribution in [0.15, 0.2) is 36.5 Å². The molecule has 13 heavy (non-hydrogen) atoms. The Morgan fingerprint density at radius 1 is 0.769 bits per heavy atom. The van der Waals surface area contributed by atoms with E-state index in [0.717, 1.165) is 6.42 Å². The average Bonchev–Trinajstić information content (AvgIpc) is 2.24. The zero-order valence-electron chi connectivity index (χ0n) is 10.2. The summed E-state index contributed by atoms with van der Waals surface area (Å²) in [6.07, 6.45) is 13.4. The van der Waals surface area contributed by atoms with Gasteiger partial charge in [0, 0.05) is 0 Å². The van der Waals surface area contributed by atoms with Gasteiger partial charge in [0.2, 0.25) is 0 Å². The highest BCUT2D eigenvalue weighted by atomic mass is 13.7. The zero-order valence-corrected chi connectivity index (χ0v) is 10.2. The first-order valence-corrected chi connectivity index (χ1v) is 5.36. The van der Waals surface area contributed by atoms with Gasteiger partial charge in [-0.2, -0.15) is 0 Å². The normalized spacial score (nSPS) is 9.69. The monoisotopic (exact) mass is 182 g/mol. The summed E-state index contributed by atoms with van der Waals surface area (Å²) in [4.78, 5) is 0. The van der Waals surface area contributed by atoms with Gasteiger partial charge in [-0.1, -0.05) is 71.1 Å². The molecule has 0 fully saturated rings. The molecule has 0 radical (unpaired) electrons. The molecule has 0 nitrogen and oxygen atoms in total. The number of hydrogen-bond acceptors (Lipinski definition) is 0. The molecule has 0 aliphatic rings. The van der Waals surface area contributed by atoms with Gasteiger partial charge in [0.25, 0.3) is 0 Å². The minimum Gasteiger partial charge on any atom is -0.0877 e. The van der Waals surface area contributed by atoms with E-state index in [-0.39, 0.29) is 0 Å². The molecule has 0 heterocycles. The van der Waals surface area contributed by atoms with Gasteiger partial charge in [-0.25, -0.2) is 0 Å². The van der Waals surface area contributed by atoms with E-state index >= 15 is 0 Å². The zero-order chi connectivity index (χ0) is 10.9. The molecule has 78 valence electrons. The van der Waals surface area contributed by atoms with Crippen molar-refractivity contribution in [3.63, 3.8) is 0 Å². The fourth-order valence-electron chi connectivity index (χ4n) is 0.454. The number of hydrogen-bond donors (Lipinski definition) is 0. The smallest absolute Gasteiger partial charge is 0.0376 e. The van der Waals surface area contributed by atoms with E-state index in [1.54, 1.807) is 0 Å². The molecule has 0 aromatic rings. The lowest BCUT2D eigenvalue weighted by atomic mass is 10.4. The Morgan fingerprint density at radius 2 is 1.23 bits per heavy atom. The Morgan fingerprint density at radius 3 is 1.62 bits per heavy atom. The Bertz CT molecular complexity index is 116. The van der Waals surface area contributed by atoms with Gasteiger partial charge >= 0.3 is 0 Å². The molecule has 0 spiro atoms. The van der Waals surface area contributed by atoms with Crippen molar-refractivity contribution in [3.05, 3.63) is 36.5 Å². The van der Waals surface area contributed by atoms with Gasteiger partial charge < -0.3 is 0 Å². The first kappa shape index (κ1) is 18.1. The first-order chi connectivity index (χ1) is 6.41. The Kier molecular flexibility index (Phi) is 42.2. The molecule has 0 atom stereocenters. The lowest BCUT2D eigenvalue weighted by Crippen LogP contribution is -1.51. The highest BCUT2D eigenvalue weighted by molar-refractivity contribution is 5.10. The maximum Gasteiger partial charge on any atom is -0.0376 e. The van der Waals surface area contributed by atoms with Crippen LogP contribution in [0.2, 0.25) is 0 Å². The molecule has 0 bridgehead atoms. The molecule has 0 N–H and O–H groups in total. The lowest BCUT2D eigenvalue weighted by Gasteiger charge is -1.72. The molecular formula is C13H26. The van der Waals surface area contributed by atoms with Crippen molar-refractivity contribution in [2.24, 2.45) is 0 Å². The first-order valence-electron chi connectivity index (χ1n) is 5.36. The van der Waals surface area contributed by atoms with E-state index in [4.69, 9.17) is 0 Å². The summed E-state index contributed by atoms with van der Waals surface area (Å²) >= 11 is 0. The molecule has 0 saturated carbocycles. The largest absolute Gasteiger partial charge is 0.0877 e. The Balaban J connectivity index is -0.000000218. The van der Waals surface area contributed by atoms with Gasteiger partial charge in [0.05, 0.1) is 0 Å². The summed E-state index contributed by atoms with van der Waals surface area (Å²) in [5.41, 5.74) is 0. The SMILES string of the molecule is CC.CC.C\C=C/C=C\C=C/CC. The molecule has 0 aliphatic carbocycles. The molecule has 0 amide bonds. The van der Waals surface area contributed by atoms with Gasteiger partial charge in [-0.05, 0) is 13.3 Å². The topological polar surface area (TPSA) is 0 Å². The van der Waals surface area contributed by atoms with E-state index in [2.05, 4.69) is 19.1 Å². The lowest BCUT2D eigenvalue weighted by molar-refractivity contribution is 1.22. The predicted molar refractivity (Wildman–Crippen MR) is 66.1 cm³/mol. The van der Waals surface area contributed by atoms with Gasteiger partial charge in [0.15, 0.2) is 0 Å². The van der Waals surface area contributed by atoms with Crippen molar-refractivity contribution in [1.82, 2.24) is 0 Å². The van der Waals surface area contributed by atoms with Crippen LogP contribution in [0.5, 0.6) is 0 Å². The van der Waals surface area contributed by atoms with Gasteiger partial charge in [-0.15, -0.1) is 0 Å². The van der Waals surface area contributed by atoms with Crippen LogP contribution in [0.25, 0.3) is 0 Å². The number of allylic oxidation sites excluding steroid dienone is 6. The summed E-state index contributed by atoms with van der Waals surface area (Å²) in [6.45, 7) is 12.1. The molecular weight excluding hydrogens is 156 g/mol. The van der Waals surface area contributed by atoms with E-state index in [1.165, 1.54) is 0 Å². The maximum atomic E-state index is 2.12. The van der Waals surface area contributed by atoms with Crippen molar-refractivity contribution < 1.29 is 0 Å². The summed E-state index contributed by atoms with van der Waals surface area (Å²) in [5.74, 6) is 0. The van der Waals surface area contributed by atoms with Gasteiger partial charge in [-0.3, -0.25) is 0 Å². The van der Waals surface area contributed by atoms with E-state index in [1.807, 2.05) is 58.9 Å². The molecule has 0 aliphatic heterocycles. The van der Waals surface area contributed by atoms with Crippen molar-refractivity contribution in [2.45, 2.75) is 48.0 Å². The van der Waals surface area contributed by atoms with Crippen molar-refractivity contribution in [1.29, 1.82) is 0 Å². The predicted octanol–water partition coefficient (Wildman–Crippen LogP) is 5.14. The second-order valence-electron chi connectivity index (χ2n) is 1.75. The summed E-state index contributed by atoms with van der Waals surface area (Å²) < 4.78 is 0. The van der Waals surface area contributed by atoms with Crippen LogP contribution in [0.1, 0.15) is 48.0 Å². The van der Waals surface area contributed by atoms with Crippen LogP contribution >= 0.6 is 0 Å². The molecule has 0 rings (SSSR count). The Labute approximate surface area is 85.1 Å². The third-order valence-corrected chi connectivity index (χ3v) is 0.898. The summed E-state index contributed by atoms with van der Waals surface area (Å²) in [7, 11) is 0. The average molecular weight is 182 g/mol. The van der Waals surface area contributed by atoms with Crippen LogP contribution in [-0.2, 0) is 0 Å². The summed E-state index contributed by atoms with van der Waals surface area (Å²) in [5, 5.41) is 0. The van der Waals surface area contributed by atoms with Crippen LogP contribution in [-0.4, -0.2) is 0 Å². The Hall–Kier alpha value is -0.780. The van der Waals surface area contributed by atoms with Crippen LogP contribution < -0.4 is 0 Å². The van der Waals surface area contributed by atoms with Crippen LogP contribution in [0.3, 0.4) is 0 Å². The van der Waals surface area contributed by atoms with Crippen LogP contribution in [0, 0.1) is 0 Å². The van der Waals surface area contributed by atoms with Gasteiger partial charge in [0.1, 0.15) is 0 Å². The molecule has 0 saturated heterocycles. The van der Waals surface area contributed by atoms with E-state index < -0.39 is 0 Å². The number of rotatable bonds is 3. The van der Waals surface area contributed by atoms with E-state index in [0.29, 0.717) is 0 Å². The fourth-order valence-corrected chi connectivity index (χ4v) is 0.454. The highest BCUT2D eigenvalue weighted by Gasteiger charge is 1.60. The minimum atomic E-state index is 1.11. The van der Waals surface area contributed by atoms with E-state index in [9.17, 15) is 0 Å². The fraction of sp³-hybridized carbons (Fsp3) is 0.538. The molecule has 0 aromatic carbocycles. The highest BCUT2D eigenvalue weighted by Crippen LogP contribution is 1.82. The minimum absolute atomic E-state index is 1.11. The summed E-state index contributed by atoms with van der Waals surface area (Å²) in [6, 6.07) is 0. The molecule has 0 heteroatoms. The van der Waals surface area contributed by atoms with Crippen molar-refractivity contribution in [2.75, 3.05) is 0 Å².